The molecule has 0 aromatic heterocycles. The summed E-state index contributed by atoms with van der Waals surface area (Å²) in [6.45, 7) is 0.862. The van der Waals surface area contributed by atoms with E-state index in [-0.39, 0.29) is 0 Å². The molecule has 0 amide bonds. The molecule has 2 rings (SSSR count). The molecule has 0 aromatic carbocycles. The van der Waals surface area contributed by atoms with E-state index in [0.29, 0.717) is 13.3 Å². The second-order valence-corrected chi connectivity index (χ2v) is 3.61. The van der Waals surface area contributed by atoms with Gasteiger partial charge in [-0.15, -0.1) is 8.83 Å². The normalized spacial score (nSPS) is 40.4. The summed E-state index contributed by atoms with van der Waals surface area (Å²) in [5.41, 5.74) is 5.12. The Labute approximate surface area is 52.5 Å². The lowest BCUT2D eigenvalue weighted by Gasteiger charge is -1.97. The zero-order valence-corrected chi connectivity index (χ0v) is 5.35. The zero-order valence-electron chi connectivity index (χ0n) is 4.53. The molecule has 9 heavy (non-hydrogen) atoms. The van der Waals surface area contributed by atoms with Crippen molar-refractivity contribution >= 4 is 10.2 Å². The van der Waals surface area contributed by atoms with Gasteiger partial charge < -0.3 is 0 Å². The Morgan fingerprint density at radius 3 is 1.67 bits per heavy atom. The first-order valence-corrected chi connectivity index (χ1v) is 3.88. The molecule has 2 unspecified atom stereocenters. The van der Waals surface area contributed by atoms with Crippen LogP contribution in [0.2, 0.25) is 0 Å². The smallest absolute Gasteiger partial charge is 0.222 e. The summed E-state index contributed by atoms with van der Waals surface area (Å²) in [6.07, 6.45) is 0. The topological polar surface area (TPSA) is 84.0 Å². The highest BCUT2D eigenvalue weighted by Crippen LogP contribution is 2.13. The number of hydrogen-bond donors (Lipinski definition) is 2. The molecule has 7 heteroatoms. The van der Waals surface area contributed by atoms with Crippen molar-refractivity contribution in [3.63, 3.8) is 0 Å². The van der Waals surface area contributed by atoms with Crippen molar-refractivity contribution in [2.24, 2.45) is 0 Å². The fourth-order valence-electron chi connectivity index (χ4n) is 0.503. The van der Waals surface area contributed by atoms with Crippen molar-refractivity contribution < 1.29 is 8.42 Å². The largest absolute Gasteiger partial charge is 0.310 e. The number of hydrogen-bond acceptors (Lipinski definition) is 4. The van der Waals surface area contributed by atoms with E-state index in [1.807, 2.05) is 0 Å². The second kappa shape index (κ2) is 1.44. The number of hydrazine groups is 2. The predicted octanol–water partition coefficient (Wildman–Crippen LogP) is -2.21. The van der Waals surface area contributed by atoms with Crippen LogP contribution in [0.25, 0.3) is 0 Å². The van der Waals surface area contributed by atoms with E-state index in [9.17, 15) is 8.42 Å². The van der Waals surface area contributed by atoms with Gasteiger partial charge in [-0.25, -0.2) is 10.9 Å². The lowest BCUT2D eigenvalue weighted by Crippen LogP contribution is -2.23. The Kier molecular flexibility index (Phi) is 0.891. The second-order valence-electron chi connectivity index (χ2n) is 1.84. The molecule has 0 aliphatic carbocycles. The minimum Gasteiger partial charge on any atom is -0.222 e. The fraction of sp³-hybridized carbons (Fsp3) is 1.00. The number of nitrogens with one attached hydrogen (secondary N) is 2. The third-order valence-electron chi connectivity index (χ3n) is 1.13. The minimum absolute atomic E-state index is 0.431. The fourth-order valence-corrected chi connectivity index (χ4v) is 1.51. The van der Waals surface area contributed by atoms with E-state index in [4.69, 9.17) is 0 Å². The highest BCUT2D eigenvalue weighted by molar-refractivity contribution is 7.87. The van der Waals surface area contributed by atoms with Crippen LogP contribution in [-0.2, 0) is 10.2 Å². The highest BCUT2D eigenvalue weighted by atomic mass is 32.2. The standard InChI is InChI=1S/C2H6N4O2S/c7-9(8,5-1-3-5)6-2-4-6/h3-4H,1-2H2. The molecule has 6 nitrogen and oxygen atoms in total. The zero-order chi connectivity index (χ0) is 6.48. The first kappa shape index (κ1) is 5.57. The molecular weight excluding hydrogens is 144 g/mol. The Hall–Kier alpha value is -0.210. The van der Waals surface area contributed by atoms with E-state index in [1.54, 1.807) is 0 Å². The van der Waals surface area contributed by atoms with Crippen LogP contribution in [-0.4, -0.2) is 30.6 Å². The Balaban J connectivity index is 2.20. The van der Waals surface area contributed by atoms with Crippen molar-refractivity contribution in [2.45, 2.75) is 0 Å². The van der Waals surface area contributed by atoms with E-state index in [2.05, 4.69) is 10.9 Å². The van der Waals surface area contributed by atoms with Crippen molar-refractivity contribution in [1.82, 2.24) is 19.7 Å². The van der Waals surface area contributed by atoms with Crippen LogP contribution in [0.4, 0.5) is 0 Å². The van der Waals surface area contributed by atoms with Crippen molar-refractivity contribution in [2.75, 3.05) is 13.3 Å². The summed E-state index contributed by atoms with van der Waals surface area (Å²) in [6, 6.07) is 0. The van der Waals surface area contributed by atoms with E-state index in [0.717, 1.165) is 8.83 Å². The molecule has 2 saturated heterocycles. The maximum atomic E-state index is 10.9. The molecule has 0 radical (unpaired) electrons. The van der Waals surface area contributed by atoms with Crippen LogP contribution in [0.15, 0.2) is 0 Å². The summed E-state index contributed by atoms with van der Waals surface area (Å²) in [5.74, 6) is 0. The maximum absolute atomic E-state index is 10.9. The highest BCUT2D eigenvalue weighted by Gasteiger charge is 2.42. The molecule has 2 fully saturated rings. The maximum Gasteiger partial charge on any atom is 0.310 e. The molecule has 0 aromatic rings. The summed E-state index contributed by atoms with van der Waals surface area (Å²) in [5, 5.41) is 0. The molecule has 2 atom stereocenters. The average molecular weight is 150 g/mol. The van der Waals surface area contributed by atoms with E-state index in [1.165, 1.54) is 0 Å². The molecular formula is C2H6N4O2S. The number of rotatable bonds is 2. The van der Waals surface area contributed by atoms with Crippen LogP contribution in [0.1, 0.15) is 0 Å². The van der Waals surface area contributed by atoms with Crippen molar-refractivity contribution in [3.05, 3.63) is 0 Å². The SMILES string of the molecule is O=S(=O)(N1CN1)N1CN1. The predicted molar refractivity (Wildman–Crippen MR) is 28.6 cm³/mol. The molecule has 2 aliphatic heterocycles. The van der Waals surface area contributed by atoms with Gasteiger partial charge in [-0.3, -0.25) is 0 Å². The lowest BCUT2D eigenvalue weighted by atomic mass is 11.4. The minimum atomic E-state index is -3.15. The van der Waals surface area contributed by atoms with Gasteiger partial charge >= 0.3 is 10.2 Å². The number of nitrogens with zero attached hydrogens (tertiary/aromatic N) is 2. The van der Waals surface area contributed by atoms with Gasteiger partial charge in [0.15, 0.2) is 0 Å². The van der Waals surface area contributed by atoms with Crippen LogP contribution < -0.4 is 10.9 Å². The molecule has 0 saturated carbocycles. The molecule has 52 valence electrons. The van der Waals surface area contributed by atoms with Gasteiger partial charge in [0.25, 0.3) is 0 Å². The van der Waals surface area contributed by atoms with E-state index >= 15 is 0 Å². The Bertz CT molecular complexity index is 197. The third-order valence-corrected chi connectivity index (χ3v) is 2.76. The first-order valence-electron chi connectivity index (χ1n) is 2.49. The van der Waals surface area contributed by atoms with Gasteiger partial charge in [0.05, 0.1) is 13.3 Å². The van der Waals surface area contributed by atoms with Gasteiger partial charge in [0, 0.05) is 0 Å². The van der Waals surface area contributed by atoms with Gasteiger partial charge in [0.2, 0.25) is 0 Å². The van der Waals surface area contributed by atoms with Crippen LogP contribution >= 0.6 is 0 Å². The molecule has 2 aliphatic rings. The van der Waals surface area contributed by atoms with Crippen LogP contribution in [0.3, 0.4) is 0 Å². The quantitative estimate of drug-likeness (QED) is 0.437. The summed E-state index contributed by atoms with van der Waals surface area (Å²) in [4.78, 5) is 0. The molecule has 2 heterocycles. The Morgan fingerprint density at radius 1 is 1.11 bits per heavy atom. The van der Waals surface area contributed by atoms with E-state index < -0.39 is 10.2 Å². The first-order chi connectivity index (χ1) is 4.21. The summed E-state index contributed by atoms with van der Waals surface area (Å²) in [7, 11) is -3.15. The van der Waals surface area contributed by atoms with Crippen LogP contribution in [0.5, 0.6) is 0 Å². The lowest BCUT2D eigenvalue weighted by molar-refractivity contribution is 0.509. The molecule has 0 bridgehead atoms. The third kappa shape index (κ3) is 0.825. The summed E-state index contributed by atoms with van der Waals surface area (Å²) >= 11 is 0. The summed E-state index contributed by atoms with van der Waals surface area (Å²) < 4.78 is 24.1. The molecule has 2 N–H and O–H groups in total. The Morgan fingerprint density at radius 2 is 1.44 bits per heavy atom. The monoisotopic (exact) mass is 150 g/mol. The average Bonchev–Trinajstić information content (AvgIpc) is 2.62. The van der Waals surface area contributed by atoms with Gasteiger partial charge in [0.1, 0.15) is 0 Å². The van der Waals surface area contributed by atoms with Gasteiger partial charge in [-0.1, -0.05) is 0 Å². The van der Waals surface area contributed by atoms with Crippen LogP contribution in [0, 0.1) is 0 Å². The van der Waals surface area contributed by atoms with Gasteiger partial charge in [-0.2, -0.15) is 8.42 Å². The van der Waals surface area contributed by atoms with Crippen molar-refractivity contribution in [1.29, 1.82) is 0 Å². The van der Waals surface area contributed by atoms with Crippen molar-refractivity contribution in [3.8, 4) is 0 Å². The molecule has 0 spiro atoms. The van der Waals surface area contributed by atoms with Gasteiger partial charge in [-0.05, 0) is 0 Å².